The lowest BCUT2D eigenvalue weighted by Gasteiger charge is -2.33. The Morgan fingerprint density at radius 1 is 0.857 bits per heavy atom. The standard InChI is InChI=1S/C32H31BrFN3O4S/c1-23-8-16-28(17-9-23)37(42(40,41)29-18-14-27(34)15-19-29)22-31(38)36(21-25-10-12-26(33)13-11-25)30(32(39)35-2)20-24-6-4-3-5-7-24/h3-19,30H,20-22H2,1-2H3,(H,35,39). The van der Waals surface area contributed by atoms with Gasteiger partial charge in [0.1, 0.15) is 18.4 Å². The Kier molecular flexibility index (Phi) is 10.1. The van der Waals surface area contributed by atoms with Crippen molar-refractivity contribution in [2.45, 2.75) is 30.8 Å². The van der Waals surface area contributed by atoms with Crippen LogP contribution in [0.25, 0.3) is 0 Å². The van der Waals surface area contributed by atoms with Gasteiger partial charge in [0.25, 0.3) is 10.0 Å². The van der Waals surface area contributed by atoms with Crippen molar-refractivity contribution < 1.29 is 22.4 Å². The van der Waals surface area contributed by atoms with Gasteiger partial charge < -0.3 is 10.2 Å². The Morgan fingerprint density at radius 2 is 1.48 bits per heavy atom. The minimum Gasteiger partial charge on any atom is -0.357 e. The van der Waals surface area contributed by atoms with Crippen molar-refractivity contribution >= 4 is 43.5 Å². The highest BCUT2D eigenvalue weighted by atomic mass is 79.9. The Hall–Kier alpha value is -4.02. The number of amides is 2. The molecule has 0 aliphatic carbocycles. The van der Waals surface area contributed by atoms with E-state index in [9.17, 15) is 22.4 Å². The van der Waals surface area contributed by atoms with Crippen LogP contribution in [0.15, 0.2) is 112 Å². The van der Waals surface area contributed by atoms with Crippen molar-refractivity contribution in [2.24, 2.45) is 0 Å². The van der Waals surface area contributed by atoms with Crippen molar-refractivity contribution in [1.29, 1.82) is 0 Å². The summed E-state index contributed by atoms with van der Waals surface area (Å²) in [6.45, 7) is 1.35. The van der Waals surface area contributed by atoms with E-state index in [-0.39, 0.29) is 29.5 Å². The number of likely N-dealkylation sites (N-methyl/N-ethyl adjacent to an activating group) is 1. The molecular formula is C32H31BrFN3O4S. The molecule has 0 aliphatic heterocycles. The van der Waals surface area contributed by atoms with Gasteiger partial charge in [0.2, 0.25) is 11.8 Å². The van der Waals surface area contributed by atoms with Crippen molar-refractivity contribution in [3.63, 3.8) is 0 Å². The summed E-state index contributed by atoms with van der Waals surface area (Å²) in [4.78, 5) is 28.7. The molecule has 4 aromatic carbocycles. The van der Waals surface area contributed by atoms with Crippen molar-refractivity contribution in [3.8, 4) is 0 Å². The molecule has 1 N–H and O–H groups in total. The zero-order valence-electron chi connectivity index (χ0n) is 23.2. The lowest BCUT2D eigenvalue weighted by molar-refractivity contribution is -0.139. The second-order valence-corrected chi connectivity index (χ2v) is 12.5. The summed E-state index contributed by atoms with van der Waals surface area (Å²) in [5.74, 6) is -1.54. The molecule has 0 radical (unpaired) electrons. The first-order valence-electron chi connectivity index (χ1n) is 13.2. The van der Waals surface area contributed by atoms with Crippen LogP contribution in [0.2, 0.25) is 0 Å². The Bertz CT molecular complexity index is 1620. The van der Waals surface area contributed by atoms with Crippen LogP contribution in [0.4, 0.5) is 10.1 Å². The average Bonchev–Trinajstić information content (AvgIpc) is 2.99. The highest BCUT2D eigenvalue weighted by Crippen LogP contribution is 2.26. The first-order valence-corrected chi connectivity index (χ1v) is 15.5. The number of rotatable bonds is 11. The zero-order valence-corrected chi connectivity index (χ0v) is 25.6. The first kappa shape index (κ1) is 30.9. The summed E-state index contributed by atoms with van der Waals surface area (Å²) in [5.41, 5.74) is 2.77. The second kappa shape index (κ2) is 13.8. The molecule has 42 heavy (non-hydrogen) atoms. The summed E-state index contributed by atoms with van der Waals surface area (Å²) in [6, 6.07) is 26.9. The molecule has 4 rings (SSSR count). The normalized spacial score (nSPS) is 11.9. The lowest BCUT2D eigenvalue weighted by Crippen LogP contribution is -2.53. The van der Waals surface area contributed by atoms with Gasteiger partial charge in [-0.1, -0.05) is 76.1 Å². The van der Waals surface area contributed by atoms with Crippen LogP contribution in [0, 0.1) is 12.7 Å². The van der Waals surface area contributed by atoms with E-state index in [1.54, 1.807) is 24.3 Å². The number of hydrogen-bond donors (Lipinski definition) is 1. The number of halogens is 2. The third kappa shape index (κ3) is 7.63. The monoisotopic (exact) mass is 651 g/mol. The first-order chi connectivity index (χ1) is 20.1. The summed E-state index contributed by atoms with van der Waals surface area (Å²) in [7, 11) is -2.79. The fourth-order valence-corrected chi connectivity index (χ4v) is 6.16. The van der Waals surface area contributed by atoms with Gasteiger partial charge in [-0.2, -0.15) is 0 Å². The smallest absolute Gasteiger partial charge is 0.264 e. The predicted octanol–water partition coefficient (Wildman–Crippen LogP) is 5.48. The minimum absolute atomic E-state index is 0.0648. The summed E-state index contributed by atoms with van der Waals surface area (Å²) < 4.78 is 43.3. The SMILES string of the molecule is CNC(=O)C(Cc1ccccc1)N(Cc1ccc(Br)cc1)C(=O)CN(c1ccc(C)cc1)S(=O)(=O)c1ccc(F)cc1. The Balaban J connectivity index is 1.77. The van der Waals surface area contributed by atoms with E-state index in [0.717, 1.165) is 37.6 Å². The molecule has 7 nitrogen and oxygen atoms in total. The molecular weight excluding hydrogens is 621 g/mol. The molecule has 1 unspecified atom stereocenters. The molecule has 0 spiro atoms. The lowest BCUT2D eigenvalue weighted by atomic mass is 10.0. The highest BCUT2D eigenvalue weighted by molar-refractivity contribution is 9.10. The van der Waals surface area contributed by atoms with Crippen LogP contribution < -0.4 is 9.62 Å². The summed E-state index contributed by atoms with van der Waals surface area (Å²) in [6.07, 6.45) is 0.220. The third-order valence-corrected chi connectivity index (χ3v) is 9.10. The molecule has 10 heteroatoms. The molecule has 0 aromatic heterocycles. The molecule has 0 bridgehead atoms. The van der Waals surface area contributed by atoms with Crippen LogP contribution in [-0.2, 0) is 32.6 Å². The maximum absolute atomic E-state index is 14.2. The quantitative estimate of drug-likeness (QED) is 0.233. The number of benzene rings is 4. The number of carbonyl (C=O) groups is 2. The number of aryl methyl sites for hydroxylation is 1. The number of nitrogens with zero attached hydrogens (tertiary/aromatic N) is 2. The van der Waals surface area contributed by atoms with E-state index in [1.807, 2.05) is 61.5 Å². The van der Waals surface area contributed by atoms with Crippen molar-refractivity contribution in [2.75, 3.05) is 17.9 Å². The molecule has 0 saturated heterocycles. The van der Waals surface area contributed by atoms with E-state index in [2.05, 4.69) is 21.2 Å². The minimum atomic E-state index is -4.29. The fraction of sp³-hybridized carbons (Fsp3) is 0.188. The van der Waals surface area contributed by atoms with Crippen LogP contribution in [-0.4, -0.2) is 44.8 Å². The summed E-state index contributed by atoms with van der Waals surface area (Å²) >= 11 is 3.42. The number of nitrogens with one attached hydrogen (secondary N) is 1. The van der Waals surface area contributed by atoms with Crippen LogP contribution >= 0.6 is 15.9 Å². The summed E-state index contributed by atoms with van der Waals surface area (Å²) in [5, 5.41) is 2.66. The molecule has 218 valence electrons. The van der Waals surface area contributed by atoms with Crippen LogP contribution in [0.3, 0.4) is 0 Å². The predicted molar refractivity (Wildman–Crippen MR) is 165 cm³/mol. The Labute approximate surface area is 254 Å². The van der Waals surface area contributed by atoms with Gasteiger partial charge >= 0.3 is 0 Å². The fourth-order valence-electron chi connectivity index (χ4n) is 4.48. The molecule has 1 atom stereocenters. The third-order valence-electron chi connectivity index (χ3n) is 6.79. The number of carbonyl (C=O) groups excluding carboxylic acids is 2. The molecule has 0 fully saturated rings. The average molecular weight is 653 g/mol. The molecule has 0 aliphatic rings. The van der Waals surface area contributed by atoms with Crippen molar-refractivity contribution in [3.05, 3.63) is 130 Å². The van der Waals surface area contributed by atoms with E-state index in [1.165, 1.54) is 24.1 Å². The van der Waals surface area contributed by atoms with E-state index in [0.29, 0.717) is 0 Å². The van der Waals surface area contributed by atoms with E-state index < -0.39 is 34.3 Å². The number of anilines is 1. The van der Waals surface area contributed by atoms with Crippen molar-refractivity contribution in [1.82, 2.24) is 10.2 Å². The number of hydrogen-bond acceptors (Lipinski definition) is 4. The van der Waals surface area contributed by atoms with Crippen LogP contribution in [0.1, 0.15) is 16.7 Å². The highest BCUT2D eigenvalue weighted by Gasteiger charge is 2.34. The van der Waals surface area contributed by atoms with Gasteiger partial charge in [-0.25, -0.2) is 12.8 Å². The number of sulfonamides is 1. The van der Waals surface area contributed by atoms with Gasteiger partial charge in [0, 0.05) is 24.5 Å². The zero-order chi connectivity index (χ0) is 30.3. The Morgan fingerprint density at radius 3 is 2.07 bits per heavy atom. The topological polar surface area (TPSA) is 86.8 Å². The van der Waals surface area contributed by atoms with Crippen LogP contribution in [0.5, 0.6) is 0 Å². The van der Waals surface area contributed by atoms with Gasteiger partial charge in [-0.05, 0) is 66.6 Å². The van der Waals surface area contributed by atoms with Gasteiger partial charge in [-0.3, -0.25) is 13.9 Å². The maximum Gasteiger partial charge on any atom is 0.264 e. The molecule has 2 amide bonds. The molecule has 0 heterocycles. The van der Waals surface area contributed by atoms with E-state index >= 15 is 0 Å². The molecule has 4 aromatic rings. The van der Waals surface area contributed by atoms with Gasteiger partial charge in [0.05, 0.1) is 10.6 Å². The second-order valence-electron chi connectivity index (χ2n) is 9.77. The largest absolute Gasteiger partial charge is 0.357 e. The molecule has 0 saturated carbocycles. The maximum atomic E-state index is 14.2. The van der Waals surface area contributed by atoms with E-state index in [4.69, 9.17) is 0 Å². The van der Waals surface area contributed by atoms with Gasteiger partial charge in [0.15, 0.2) is 0 Å². The van der Waals surface area contributed by atoms with Gasteiger partial charge in [-0.15, -0.1) is 0 Å².